The highest BCUT2D eigenvalue weighted by atomic mass is 16.6. The van der Waals surface area contributed by atoms with Crippen molar-refractivity contribution in [3.05, 3.63) is 97.0 Å². The Hall–Kier alpha value is -3.55. The van der Waals surface area contributed by atoms with Crippen LogP contribution in [0.3, 0.4) is 0 Å². The second-order valence-electron chi connectivity index (χ2n) is 12.7. The monoisotopic (exact) mass is 605 g/mol. The predicted molar refractivity (Wildman–Crippen MR) is 178 cm³/mol. The molecule has 0 amide bonds. The Bertz CT molecular complexity index is 1270. The fraction of sp³-hybridized carbons (Fsp3) is 0.583. The molecule has 0 atom stereocenters. The van der Waals surface area contributed by atoms with Crippen molar-refractivity contribution < 1.29 is 14.6 Å². The van der Waals surface area contributed by atoms with Crippen molar-refractivity contribution in [2.45, 2.75) is 129 Å². The molecule has 0 unspecified atom stereocenters. The van der Waals surface area contributed by atoms with E-state index in [1.165, 1.54) is 102 Å². The van der Waals surface area contributed by atoms with Crippen molar-refractivity contribution in [3.8, 4) is 0 Å². The molecule has 0 saturated carbocycles. The number of rotatable bonds is 20. The summed E-state index contributed by atoms with van der Waals surface area (Å²) in [5, 5.41) is 22.8. The Balaban J connectivity index is 1.51. The fourth-order valence-electron chi connectivity index (χ4n) is 6.35. The molecule has 1 aliphatic carbocycles. The van der Waals surface area contributed by atoms with Gasteiger partial charge in [-0.25, -0.2) is 0 Å². The number of para-hydroxylation sites is 1. The molecule has 1 heterocycles. The fourth-order valence-corrected chi connectivity index (χ4v) is 6.35. The molecule has 8 nitrogen and oxygen atoms in total. The zero-order valence-corrected chi connectivity index (χ0v) is 27.0. The summed E-state index contributed by atoms with van der Waals surface area (Å²) in [4.78, 5) is 36.2. The van der Waals surface area contributed by atoms with Crippen LogP contribution in [0.4, 0.5) is 5.69 Å². The van der Waals surface area contributed by atoms with E-state index < -0.39 is 27.0 Å². The molecule has 240 valence electrons. The maximum Gasteiger partial charge on any atom is 0.323 e. The zero-order chi connectivity index (χ0) is 32.0. The number of Topliss-reactive ketones (excluding diaryl/α,β-unsaturated/α-hetero) is 1. The van der Waals surface area contributed by atoms with Crippen LogP contribution in [-0.2, 0) is 10.2 Å². The van der Waals surface area contributed by atoms with Crippen molar-refractivity contribution in [2.24, 2.45) is 0 Å². The largest absolute Gasteiger partial charge is 0.344 e. The lowest BCUT2D eigenvalue weighted by Gasteiger charge is -2.27. The second-order valence-corrected chi connectivity index (χ2v) is 12.7. The molecule has 3 rings (SSSR count). The highest BCUT2D eigenvalue weighted by molar-refractivity contribution is 6.10. The summed E-state index contributed by atoms with van der Waals surface area (Å²) in [5.74, 6) is -0.824. The number of ketones is 1. The molecule has 0 bridgehead atoms. The van der Waals surface area contributed by atoms with Gasteiger partial charge in [-0.1, -0.05) is 135 Å². The highest BCUT2D eigenvalue weighted by Gasteiger charge is 2.39. The van der Waals surface area contributed by atoms with E-state index in [0.717, 1.165) is 42.9 Å². The van der Waals surface area contributed by atoms with Gasteiger partial charge in [0.25, 0.3) is 11.5 Å². The van der Waals surface area contributed by atoms with Gasteiger partial charge < -0.3 is 4.90 Å². The van der Waals surface area contributed by atoms with E-state index in [9.17, 15) is 25.0 Å². The quantitative estimate of drug-likeness (QED) is 0.0634. The number of allylic oxidation sites excluding steroid dienone is 6. The summed E-state index contributed by atoms with van der Waals surface area (Å²) in [7, 11) is 0. The van der Waals surface area contributed by atoms with Gasteiger partial charge in [-0.15, -0.1) is 0 Å². The molecule has 8 heteroatoms. The number of anilines is 1. The molecule has 0 aromatic heterocycles. The first-order chi connectivity index (χ1) is 21.2. The normalized spacial score (nSPS) is 17.6. The molecule has 1 aromatic carbocycles. The van der Waals surface area contributed by atoms with Gasteiger partial charge in [-0.05, 0) is 30.2 Å². The van der Waals surface area contributed by atoms with Gasteiger partial charge in [0.2, 0.25) is 0 Å². The number of nitrogens with zero attached hydrogens (tertiary/aromatic N) is 3. The molecular weight excluding hydrogens is 554 g/mol. The van der Waals surface area contributed by atoms with Crippen LogP contribution in [0.2, 0.25) is 0 Å². The highest BCUT2D eigenvalue weighted by Crippen LogP contribution is 2.47. The third-order valence-corrected chi connectivity index (χ3v) is 8.95. The van der Waals surface area contributed by atoms with Gasteiger partial charge >= 0.3 is 5.70 Å². The van der Waals surface area contributed by atoms with Crippen LogP contribution in [-0.4, -0.2) is 22.2 Å². The molecule has 2 aliphatic rings. The van der Waals surface area contributed by atoms with E-state index >= 15 is 0 Å². The lowest BCUT2D eigenvalue weighted by atomic mass is 9.83. The molecule has 0 N–H and O–H groups in total. The average Bonchev–Trinajstić information content (AvgIpc) is 3.21. The Labute approximate surface area is 263 Å². The molecule has 0 saturated heterocycles. The topological polar surface area (TPSA) is 107 Å². The minimum Gasteiger partial charge on any atom is -0.344 e. The molecule has 1 aliphatic heterocycles. The van der Waals surface area contributed by atoms with Crippen molar-refractivity contribution in [1.82, 2.24) is 0 Å². The molecule has 1 aromatic rings. The van der Waals surface area contributed by atoms with Crippen molar-refractivity contribution in [3.63, 3.8) is 0 Å². The van der Waals surface area contributed by atoms with Gasteiger partial charge in [-0.2, -0.15) is 0 Å². The van der Waals surface area contributed by atoms with Gasteiger partial charge in [0, 0.05) is 35.0 Å². The Kier molecular flexibility index (Phi) is 14.0. The average molecular weight is 606 g/mol. The van der Waals surface area contributed by atoms with Crippen molar-refractivity contribution in [2.75, 3.05) is 11.4 Å². The molecule has 44 heavy (non-hydrogen) atoms. The maximum atomic E-state index is 12.8. The van der Waals surface area contributed by atoms with Gasteiger partial charge in [0.05, 0.1) is 15.9 Å². The summed E-state index contributed by atoms with van der Waals surface area (Å²) in [6.07, 6.45) is 26.2. The number of unbranched alkanes of at least 4 members (excludes halogenated alkanes) is 15. The molecular formula is C36H51N3O5. The standard InChI is InChI=1S/C36H51N3O5/c1-4-5-6-7-8-9-10-11-12-13-14-15-16-17-18-21-26-37-32-23-20-19-22-31(32)36(2,3)34(37)25-24-29-27-30(38(41)42)28-33(35(29)40)39(43)44/h19-20,22-25,27-28H,4-18,21,26H2,1-3H3. The van der Waals surface area contributed by atoms with E-state index in [0.29, 0.717) is 0 Å². The van der Waals surface area contributed by atoms with Gasteiger partial charge in [0.1, 0.15) is 0 Å². The first kappa shape index (κ1) is 34.9. The lowest BCUT2D eigenvalue weighted by molar-refractivity contribution is -0.431. The van der Waals surface area contributed by atoms with E-state index in [2.05, 4.69) is 37.8 Å². The minimum atomic E-state index is -0.862. The second kappa shape index (κ2) is 17.7. The van der Waals surface area contributed by atoms with Crippen molar-refractivity contribution in [1.29, 1.82) is 0 Å². The number of benzene rings is 1. The van der Waals surface area contributed by atoms with Crippen molar-refractivity contribution >= 4 is 11.5 Å². The van der Waals surface area contributed by atoms with Gasteiger partial charge in [0.15, 0.2) is 0 Å². The molecule has 0 spiro atoms. The summed E-state index contributed by atoms with van der Waals surface area (Å²) in [5.41, 5.74) is 1.56. The summed E-state index contributed by atoms with van der Waals surface area (Å²) >= 11 is 0. The Morgan fingerprint density at radius 1 is 0.727 bits per heavy atom. The Morgan fingerprint density at radius 2 is 1.25 bits per heavy atom. The lowest BCUT2D eigenvalue weighted by Crippen LogP contribution is -2.27. The van der Waals surface area contributed by atoms with Crippen LogP contribution >= 0.6 is 0 Å². The van der Waals surface area contributed by atoms with Crippen LogP contribution < -0.4 is 4.90 Å². The number of carbonyl (C=O) groups excluding carboxylic acids is 1. The van der Waals surface area contributed by atoms with E-state index in [-0.39, 0.29) is 11.0 Å². The third kappa shape index (κ3) is 9.73. The number of fused-ring (bicyclic) bond motifs is 1. The zero-order valence-electron chi connectivity index (χ0n) is 27.0. The van der Waals surface area contributed by atoms with Gasteiger partial charge in [-0.3, -0.25) is 25.0 Å². The number of carbonyl (C=O) groups is 1. The summed E-state index contributed by atoms with van der Waals surface area (Å²) < 4.78 is 0. The van der Waals surface area contributed by atoms with E-state index in [4.69, 9.17) is 0 Å². The van der Waals surface area contributed by atoms with Crippen LogP contribution in [0.1, 0.15) is 129 Å². The number of hydrogen-bond acceptors (Lipinski definition) is 6. The van der Waals surface area contributed by atoms with Crippen LogP contribution in [0, 0.1) is 20.2 Å². The number of nitro groups is 2. The van der Waals surface area contributed by atoms with E-state index in [1.807, 2.05) is 12.1 Å². The maximum absolute atomic E-state index is 12.8. The first-order valence-electron chi connectivity index (χ1n) is 16.7. The number of hydrogen-bond donors (Lipinski definition) is 0. The van der Waals surface area contributed by atoms with E-state index in [1.54, 1.807) is 6.08 Å². The summed E-state index contributed by atoms with van der Waals surface area (Å²) in [6.45, 7) is 7.32. The Morgan fingerprint density at radius 3 is 1.77 bits per heavy atom. The smallest absolute Gasteiger partial charge is 0.323 e. The first-order valence-corrected chi connectivity index (χ1v) is 16.7. The minimum absolute atomic E-state index is 0.0625. The SMILES string of the molecule is CCCCCCCCCCCCCCCCCCN1C(=CC=C2C=C([N+](=O)[O-])C=C([N+](=O)[O-])C2=O)C(C)(C)c2ccccc21. The third-order valence-electron chi connectivity index (χ3n) is 8.95. The molecule has 0 fully saturated rings. The van der Waals surface area contributed by atoms with Crippen LogP contribution in [0.25, 0.3) is 0 Å². The van der Waals surface area contributed by atoms with Crippen LogP contribution in [0.15, 0.2) is 71.2 Å². The predicted octanol–water partition coefficient (Wildman–Crippen LogP) is 9.76. The van der Waals surface area contributed by atoms with Crippen LogP contribution in [0.5, 0.6) is 0 Å². The molecule has 0 radical (unpaired) electrons. The summed E-state index contributed by atoms with van der Waals surface area (Å²) in [6, 6.07) is 8.23.